The normalized spacial score (nSPS) is 10.3. The van der Waals surface area contributed by atoms with Crippen LogP contribution in [0.5, 0.6) is 5.75 Å². The molecule has 1 aromatic heterocycles. The van der Waals surface area contributed by atoms with Crippen LogP contribution in [0.1, 0.15) is 23.0 Å². The Hall–Kier alpha value is -3.41. The lowest BCUT2D eigenvalue weighted by atomic mass is 10.1. The van der Waals surface area contributed by atoms with Gasteiger partial charge in [0.05, 0.1) is 17.9 Å². The number of benzene rings is 2. The van der Waals surface area contributed by atoms with E-state index in [1.807, 2.05) is 30.3 Å². The first-order valence-corrected chi connectivity index (χ1v) is 8.22. The molecule has 0 fully saturated rings. The highest BCUT2D eigenvalue weighted by atomic mass is 16.6. The van der Waals surface area contributed by atoms with Gasteiger partial charge in [-0.25, -0.2) is 9.48 Å². The molecule has 0 unspecified atom stereocenters. The molecule has 6 nitrogen and oxygen atoms in total. The maximum Gasteiger partial charge on any atom is 0.344 e. The van der Waals surface area contributed by atoms with Crippen molar-refractivity contribution in [1.82, 2.24) is 9.78 Å². The van der Waals surface area contributed by atoms with Crippen LogP contribution in [-0.2, 0) is 9.53 Å². The molecule has 0 amide bonds. The third-order valence-corrected chi connectivity index (χ3v) is 3.62. The Labute approximate surface area is 151 Å². The average Bonchev–Trinajstić information content (AvgIpc) is 3.17. The fraction of sp³-hybridized carbons (Fsp3) is 0.150. The van der Waals surface area contributed by atoms with Crippen LogP contribution >= 0.6 is 0 Å². The number of esters is 1. The zero-order valence-electron chi connectivity index (χ0n) is 14.3. The van der Waals surface area contributed by atoms with Crippen LogP contribution in [0.4, 0.5) is 0 Å². The summed E-state index contributed by atoms with van der Waals surface area (Å²) in [6.45, 7) is 1.74. The summed E-state index contributed by atoms with van der Waals surface area (Å²) >= 11 is 0. The van der Waals surface area contributed by atoms with Gasteiger partial charge in [-0.3, -0.25) is 4.79 Å². The summed E-state index contributed by atoms with van der Waals surface area (Å²) in [6.07, 6.45) is 1.73. The quantitative estimate of drug-likeness (QED) is 0.484. The highest BCUT2D eigenvalue weighted by molar-refractivity contribution is 6.09. The molecule has 0 aliphatic carbocycles. The average molecular weight is 350 g/mol. The van der Waals surface area contributed by atoms with E-state index in [4.69, 9.17) is 9.47 Å². The molecule has 3 aromatic rings. The first-order chi connectivity index (χ1) is 12.7. The molecule has 0 spiro atoms. The topological polar surface area (TPSA) is 70.4 Å². The summed E-state index contributed by atoms with van der Waals surface area (Å²) in [7, 11) is 0. The molecule has 0 N–H and O–H groups in total. The first kappa shape index (κ1) is 17.4. The number of hydrogen-bond acceptors (Lipinski definition) is 5. The maximum atomic E-state index is 12.8. The monoisotopic (exact) mass is 350 g/mol. The minimum absolute atomic E-state index is 0.253. The fourth-order valence-corrected chi connectivity index (χ4v) is 2.43. The minimum atomic E-state index is -0.483. The third-order valence-electron chi connectivity index (χ3n) is 3.62. The first-order valence-electron chi connectivity index (χ1n) is 8.22. The summed E-state index contributed by atoms with van der Waals surface area (Å²) in [6, 6.07) is 17.9. The molecule has 1 heterocycles. The number of nitrogens with zero attached hydrogens (tertiary/aromatic N) is 2. The lowest BCUT2D eigenvalue weighted by Crippen LogP contribution is -2.16. The van der Waals surface area contributed by atoms with Gasteiger partial charge in [0.2, 0.25) is 5.78 Å². The molecule has 2 aromatic carbocycles. The number of ketones is 1. The molecule has 0 atom stereocenters. The number of aromatic nitrogens is 2. The van der Waals surface area contributed by atoms with E-state index >= 15 is 0 Å². The second-order valence-electron chi connectivity index (χ2n) is 5.40. The van der Waals surface area contributed by atoms with E-state index in [0.717, 1.165) is 5.69 Å². The van der Waals surface area contributed by atoms with Gasteiger partial charge in [-0.15, -0.1) is 0 Å². The standard InChI is InChI=1S/C20H18N2O4/c1-2-25-19(23)14-26-18-11-7-6-10-16(18)20(24)17-12-13-22(21-17)15-8-4-3-5-9-15/h3-13H,2,14H2,1H3. The van der Waals surface area contributed by atoms with E-state index < -0.39 is 5.97 Å². The van der Waals surface area contributed by atoms with Crippen LogP contribution < -0.4 is 4.74 Å². The summed E-state index contributed by atoms with van der Waals surface area (Å²) in [5.74, 6) is -0.443. The van der Waals surface area contributed by atoms with Gasteiger partial charge in [0.25, 0.3) is 0 Å². The van der Waals surface area contributed by atoms with Crippen LogP contribution in [0.25, 0.3) is 5.69 Å². The minimum Gasteiger partial charge on any atom is -0.481 e. The molecule has 0 saturated heterocycles. The van der Waals surface area contributed by atoms with Crippen molar-refractivity contribution in [2.45, 2.75) is 6.92 Å². The maximum absolute atomic E-state index is 12.8. The van der Waals surface area contributed by atoms with E-state index in [0.29, 0.717) is 17.0 Å². The number of para-hydroxylation sites is 2. The molecule has 0 saturated carbocycles. The van der Waals surface area contributed by atoms with Crippen molar-refractivity contribution < 1.29 is 19.1 Å². The second kappa shape index (κ2) is 8.11. The smallest absolute Gasteiger partial charge is 0.344 e. The van der Waals surface area contributed by atoms with Gasteiger partial charge in [0.1, 0.15) is 11.4 Å². The zero-order chi connectivity index (χ0) is 18.4. The van der Waals surface area contributed by atoms with Gasteiger partial charge in [0, 0.05) is 6.20 Å². The van der Waals surface area contributed by atoms with Crippen molar-refractivity contribution in [3.05, 3.63) is 78.1 Å². The lowest BCUT2D eigenvalue weighted by Gasteiger charge is -2.09. The van der Waals surface area contributed by atoms with Crippen LogP contribution in [0, 0.1) is 0 Å². The molecule has 0 aliphatic rings. The van der Waals surface area contributed by atoms with E-state index in [1.54, 1.807) is 48.1 Å². The summed E-state index contributed by atoms with van der Waals surface area (Å²) < 4.78 is 11.9. The van der Waals surface area contributed by atoms with Crippen molar-refractivity contribution >= 4 is 11.8 Å². The Kier molecular flexibility index (Phi) is 5.43. The van der Waals surface area contributed by atoms with Crippen molar-refractivity contribution in [2.24, 2.45) is 0 Å². The number of carbonyl (C=O) groups excluding carboxylic acids is 2. The van der Waals surface area contributed by atoms with Crippen molar-refractivity contribution in [3.8, 4) is 11.4 Å². The number of ether oxygens (including phenoxy) is 2. The van der Waals surface area contributed by atoms with Gasteiger partial charge in [0.15, 0.2) is 6.61 Å². The summed E-state index contributed by atoms with van der Waals surface area (Å²) in [5.41, 5.74) is 1.49. The van der Waals surface area contributed by atoms with Gasteiger partial charge in [-0.05, 0) is 37.3 Å². The lowest BCUT2D eigenvalue weighted by molar-refractivity contribution is -0.145. The number of hydrogen-bond donors (Lipinski definition) is 0. The van der Waals surface area contributed by atoms with E-state index in [9.17, 15) is 9.59 Å². The van der Waals surface area contributed by atoms with Gasteiger partial charge in [-0.2, -0.15) is 5.10 Å². The highest BCUT2D eigenvalue weighted by Gasteiger charge is 2.18. The van der Waals surface area contributed by atoms with Crippen molar-refractivity contribution in [3.63, 3.8) is 0 Å². The van der Waals surface area contributed by atoms with Crippen LogP contribution in [0.3, 0.4) is 0 Å². The van der Waals surface area contributed by atoms with Crippen molar-refractivity contribution in [2.75, 3.05) is 13.2 Å². The molecular weight excluding hydrogens is 332 g/mol. The van der Waals surface area contributed by atoms with Crippen LogP contribution in [-0.4, -0.2) is 34.7 Å². The predicted octanol–water partition coefficient (Wildman–Crippen LogP) is 3.05. The van der Waals surface area contributed by atoms with Gasteiger partial charge >= 0.3 is 5.97 Å². The molecule has 0 bridgehead atoms. The molecule has 0 aliphatic heterocycles. The second-order valence-corrected chi connectivity index (χ2v) is 5.40. The van der Waals surface area contributed by atoms with Gasteiger partial charge in [-0.1, -0.05) is 30.3 Å². The van der Waals surface area contributed by atoms with Crippen molar-refractivity contribution in [1.29, 1.82) is 0 Å². The molecule has 3 rings (SSSR count). The Balaban J connectivity index is 1.80. The van der Waals surface area contributed by atoms with E-state index in [2.05, 4.69) is 5.10 Å². The molecule has 132 valence electrons. The Morgan fingerprint density at radius 2 is 1.73 bits per heavy atom. The third kappa shape index (κ3) is 3.97. The predicted molar refractivity (Wildman–Crippen MR) is 95.6 cm³/mol. The summed E-state index contributed by atoms with van der Waals surface area (Å²) in [5, 5.41) is 4.34. The van der Waals surface area contributed by atoms with Crippen LogP contribution in [0.15, 0.2) is 66.9 Å². The largest absolute Gasteiger partial charge is 0.481 e. The highest BCUT2D eigenvalue weighted by Crippen LogP contribution is 2.21. The Morgan fingerprint density at radius 3 is 2.50 bits per heavy atom. The van der Waals surface area contributed by atoms with Crippen LogP contribution in [0.2, 0.25) is 0 Å². The van der Waals surface area contributed by atoms with E-state index in [1.165, 1.54) is 0 Å². The van der Waals surface area contributed by atoms with Gasteiger partial charge < -0.3 is 9.47 Å². The molecule has 0 radical (unpaired) electrons. The molecular formula is C20H18N2O4. The Morgan fingerprint density at radius 1 is 1.00 bits per heavy atom. The Bertz CT molecular complexity index is 903. The zero-order valence-corrected chi connectivity index (χ0v) is 14.3. The number of carbonyl (C=O) groups is 2. The molecule has 26 heavy (non-hydrogen) atoms. The van der Waals surface area contributed by atoms with E-state index in [-0.39, 0.29) is 19.0 Å². The SMILES string of the molecule is CCOC(=O)COc1ccccc1C(=O)c1ccn(-c2ccccc2)n1. The number of rotatable bonds is 7. The summed E-state index contributed by atoms with van der Waals surface area (Å²) in [4.78, 5) is 24.3. The molecule has 6 heteroatoms. The fourth-order valence-electron chi connectivity index (χ4n) is 2.43.